The number of aliphatic hydroxyl groups is 1. The van der Waals surface area contributed by atoms with E-state index in [0.717, 1.165) is 4.90 Å². The molecule has 1 N–H and O–H groups in total. The van der Waals surface area contributed by atoms with Gasteiger partial charge in [0.15, 0.2) is 0 Å². The fraction of sp³-hybridized carbons (Fsp3) is 0.200. The van der Waals surface area contributed by atoms with Crippen molar-refractivity contribution in [1.82, 2.24) is 0 Å². The lowest BCUT2D eigenvalue weighted by Crippen LogP contribution is -1.72. The van der Waals surface area contributed by atoms with Crippen LogP contribution in [0.2, 0.25) is 0 Å². The van der Waals surface area contributed by atoms with E-state index in [2.05, 4.69) is 11.2 Å². The summed E-state index contributed by atoms with van der Waals surface area (Å²) in [5.74, 6) is 2.58. The van der Waals surface area contributed by atoms with Crippen LogP contribution >= 0.6 is 11.8 Å². The number of hydrogen-bond acceptors (Lipinski definition) is 2. The first-order valence-electron chi connectivity index (χ1n) is 3.65. The van der Waals surface area contributed by atoms with Gasteiger partial charge in [-0.2, -0.15) is 0 Å². The van der Waals surface area contributed by atoms with Crippen LogP contribution in [0.4, 0.5) is 0 Å². The predicted molar refractivity (Wildman–Crippen MR) is 51.9 cm³/mol. The number of hydrogen-bond donors (Lipinski definition) is 1. The average Bonchev–Trinajstić information content (AvgIpc) is 2.09. The summed E-state index contributed by atoms with van der Waals surface area (Å²) in [6.45, 7) is 1.98. The molecule has 0 heterocycles. The first-order chi connectivity index (χ1) is 5.83. The van der Waals surface area contributed by atoms with Gasteiger partial charge in [0.1, 0.15) is 6.61 Å². The zero-order valence-electron chi connectivity index (χ0n) is 6.87. The zero-order valence-corrected chi connectivity index (χ0v) is 7.69. The minimum Gasteiger partial charge on any atom is -0.384 e. The molecule has 1 aromatic rings. The number of thioether (sulfide) groups is 1. The van der Waals surface area contributed by atoms with Crippen molar-refractivity contribution in [2.45, 2.75) is 11.8 Å². The van der Waals surface area contributed by atoms with Crippen molar-refractivity contribution >= 4 is 11.8 Å². The smallest absolute Gasteiger partial charge is 0.105 e. The summed E-state index contributed by atoms with van der Waals surface area (Å²) < 4.78 is 0. The lowest BCUT2D eigenvalue weighted by Gasteiger charge is -1.93. The highest BCUT2D eigenvalue weighted by Crippen LogP contribution is 2.16. The molecule has 0 spiro atoms. The molecule has 1 rings (SSSR count). The largest absolute Gasteiger partial charge is 0.384 e. The normalized spacial score (nSPS) is 8.83. The molecule has 0 aliphatic carbocycles. The van der Waals surface area contributed by atoms with E-state index in [1.807, 2.05) is 31.2 Å². The highest BCUT2D eigenvalue weighted by Gasteiger charge is 1.88. The second-order valence-corrected chi connectivity index (χ2v) is 3.23. The topological polar surface area (TPSA) is 20.2 Å². The molecule has 0 aliphatic rings. The van der Waals surface area contributed by atoms with Gasteiger partial charge in [0, 0.05) is 4.90 Å². The Balaban J connectivity index is 2.59. The summed E-state index contributed by atoms with van der Waals surface area (Å²) in [6, 6.07) is 8.13. The third kappa shape index (κ3) is 3.00. The Morgan fingerprint density at radius 1 is 1.33 bits per heavy atom. The molecule has 0 unspecified atom stereocenters. The zero-order chi connectivity index (χ0) is 8.81. The number of benzene rings is 1. The standard InChI is InChI=1S/C10H10OS/c1-9-3-5-10(6-4-9)12-8-2-7-11/h3-6,11H,7H2,1H3. The molecule has 0 radical (unpaired) electrons. The fourth-order valence-corrected chi connectivity index (χ4v) is 1.26. The van der Waals surface area contributed by atoms with Crippen LogP contribution in [0.15, 0.2) is 29.2 Å². The van der Waals surface area contributed by atoms with E-state index in [1.165, 1.54) is 17.3 Å². The second-order valence-electron chi connectivity index (χ2n) is 2.35. The SMILES string of the molecule is Cc1ccc(SC#CCO)cc1. The van der Waals surface area contributed by atoms with Gasteiger partial charge in [0.25, 0.3) is 0 Å². The van der Waals surface area contributed by atoms with Crippen molar-refractivity contribution in [1.29, 1.82) is 0 Å². The van der Waals surface area contributed by atoms with Crippen LogP contribution < -0.4 is 0 Å². The Bertz CT molecular complexity index is 292. The monoisotopic (exact) mass is 178 g/mol. The van der Waals surface area contributed by atoms with E-state index in [0.29, 0.717) is 0 Å². The molecule has 0 atom stereocenters. The summed E-state index contributed by atoms with van der Waals surface area (Å²) >= 11 is 1.43. The Kier molecular flexibility index (Phi) is 3.72. The molecule has 0 saturated heterocycles. The molecule has 0 aliphatic heterocycles. The Labute approximate surface area is 76.8 Å². The number of rotatable bonds is 1. The van der Waals surface area contributed by atoms with Crippen molar-refractivity contribution in [3.05, 3.63) is 29.8 Å². The van der Waals surface area contributed by atoms with Crippen molar-refractivity contribution in [3.63, 3.8) is 0 Å². The maximum absolute atomic E-state index is 8.40. The lowest BCUT2D eigenvalue weighted by atomic mass is 10.2. The maximum Gasteiger partial charge on any atom is 0.105 e. The van der Waals surface area contributed by atoms with Gasteiger partial charge in [-0.05, 0) is 36.1 Å². The third-order valence-electron chi connectivity index (χ3n) is 1.34. The van der Waals surface area contributed by atoms with E-state index >= 15 is 0 Å². The van der Waals surface area contributed by atoms with Gasteiger partial charge in [-0.25, -0.2) is 0 Å². The molecule has 0 amide bonds. The Hall–Kier alpha value is -0.910. The van der Waals surface area contributed by atoms with Gasteiger partial charge in [0.05, 0.1) is 0 Å². The molecular weight excluding hydrogens is 168 g/mol. The van der Waals surface area contributed by atoms with Crippen molar-refractivity contribution in [3.8, 4) is 11.2 Å². The molecule has 0 aromatic heterocycles. The highest BCUT2D eigenvalue weighted by atomic mass is 32.2. The summed E-state index contributed by atoms with van der Waals surface area (Å²) in [6.07, 6.45) is 0. The lowest BCUT2D eigenvalue weighted by molar-refractivity contribution is 0.351. The quantitative estimate of drug-likeness (QED) is 0.524. The van der Waals surface area contributed by atoms with Crippen LogP contribution in [0.3, 0.4) is 0 Å². The van der Waals surface area contributed by atoms with Gasteiger partial charge < -0.3 is 5.11 Å². The van der Waals surface area contributed by atoms with Crippen LogP contribution in [0.5, 0.6) is 0 Å². The van der Waals surface area contributed by atoms with E-state index in [-0.39, 0.29) is 6.61 Å². The molecule has 0 fully saturated rings. The van der Waals surface area contributed by atoms with E-state index in [1.54, 1.807) is 0 Å². The van der Waals surface area contributed by atoms with E-state index < -0.39 is 0 Å². The fourth-order valence-electron chi connectivity index (χ4n) is 0.734. The predicted octanol–water partition coefficient (Wildman–Crippen LogP) is 2.04. The van der Waals surface area contributed by atoms with Gasteiger partial charge in [0.2, 0.25) is 0 Å². The first-order valence-corrected chi connectivity index (χ1v) is 4.47. The van der Waals surface area contributed by atoms with Gasteiger partial charge in [-0.15, -0.1) is 0 Å². The number of aliphatic hydroxyl groups excluding tert-OH is 1. The summed E-state index contributed by atoms with van der Waals surface area (Å²) in [4.78, 5) is 1.11. The van der Waals surface area contributed by atoms with E-state index in [4.69, 9.17) is 5.11 Å². The van der Waals surface area contributed by atoms with E-state index in [9.17, 15) is 0 Å². The maximum atomic E-state index is 8.40. The van der Waals surface area contributed by atoms with Crippen molar-refractivity contribution in [2.24, 2.45) is 0 Å². The van der Waals surface area contributed by atoms with Crippen molar-refractivity contribution < 1.29 is 5.11 Å². The Morgan fingerprint density at radius 2 is 2.00 bits per heavy atom. The minimum absolute atomic E-state index is 0.0706. The number of aryl methyl sites for hydroxylation is 1. The van der Waals surface area contributed by atoms with Crippen LogP contribution in [0, 0.1) is 18.1 Å². The summed E-state index contributed by atoms with van der Waals surface area (Å²) in [7, 11) is 0. The summed E-state index contributed by atoms with van der Waals surface area (Å²) in [5.41, 5.74) is 1.24. The molecular formula is C10H10OS. The molecule has 12 heavy (non-hydrogen) atoms. The average molecular weight is 178 g/mol. The summed E-state index contributed by atoms with van der Waals surface area (Å²) in [5, 5.41) is 11.2. The van der Waals surface area contributed by atoms with Crippen molar-refractivity contribution in [2.75, 3.05) is 6.61 Å². The van der Waals surface area contributed by atoms with Crippen LogP contribution in [0.1, 0.15) is 5.56 Å². The van der Waals surface area contributed by atoms with Crippen LogP contribution in [0.25, 0.3) is 0 Å². The molecule has 1 nitrogen and oxygen atoms in total. The molecule has 1 aromatic carbocycles. The second kappa shape index (κ2) is 4.87. The molecule has 2 heteroatoms. The molecule has 62 valence electrons. The van der Waals surface area contributed by atoms with Crippen LogP contribution in [-0.2, 0) is 0 Å². The Morgan fingerprint density at radius 3 is 2.58 bits per heavy atom. The molecule has 0 saturated carbocycles. The molecule has 0 bridgehead atoms. The minimum atomic E-state index is -0.0706. The van der Waals surface area contributed by atoms with Crippen LogP contribution in [-0.4, -0.2) is 11.7 Å². The third-order valence-corrected chi connectivity index (χ3v) is 2.10. The van der Waals surface area contributed by atoms with Gasteiger partial charge >= 0.3 is 0 Å². The highest BCUT2D eigenvalue weighted by molar-refractivity contribution is 8.03. The van der Waals surface area contributed by atoms with Gasteiger partial charge in [-0.1, -0.05) is 23.6 Å². The van der Waals surface area contributed by atoms with Gasteiger partial charge in [-0.3, -0.25) is 0 Å². The first kappa shape index (κ1) is 9.18.